The summed E-state index contributed by atoms with van der Waals surface area (Å²) in [7, 11) is 0. The predicted molar refractivity (Wildman–Crippen MR) is 155 cm³/mol. The monoisotopic (exact) mass is 593 g/mol. The average molecular weight is 594 g/mol. The van der Waals surface area contributed by atoms with Gasteiger partial charge in [-0.1, -0.05) is 52.7 Å². The van der Waals surface area contributed by atoms with Gasteiger partial charge >= 0.3 is 6.09 Å². The molecule has 0 saturated carbocycles. The van der Waals surface area contributed by atoms with Gasteiger partial charge in [-0.25, -0.2) is 9.48 Å². The third-order valence-electron chi connectivity index (χ3n) is 7.50. The van der Waals surface area contributed by atoms with Crippen molar-refractivity contribution >= 4 is 29.3 Å². The van der Waals surface area contributed by atoms with Crippen LogP contribution >= 0.6 is 23.2 Å². The standard InChI is InChI=1S/C30H29Cl2N5O4/c31-20-3-8-24(9-4-20)41-30(39)37-14-11-25-26-17-21(32)5-10-27(26)34-28(25)29(37)19-1-6-23(7-2-19)40-16-12-22(38)18-36-15-13-33-35-36/h1-10,13,15,17,22,26-27,29,34,38H,11-12,14,16,18H2/t22?,26?,27?,29-/m0/s1. The van der Waals surface area contributed by atoms with Crippen LogP contribution in [0.25, 0.3) is 0 Å². The summed E-state index contributed by atoms with van der Waals surface area (Å²) < 4.78 is 13.2. The van der Waals surface area contributed by atoms with E-state index in [-0.39, 0.29) is 18.0 Å². The van der Waals surface area contributed by atoms with E-state index >= 15 is 0 Å². The van der Waals surface area contributed by atoms with Gasteiger partial charge in [0.15, 0.2) is 0 Å². The molecule has 2 aliphatic heterocycles. The zero-order valence-electron chi connectivity index (χ0n) is 22.1. The summed E-state index contributed by atoms with van der Waals surface area (Å²) in [6.45, 7) is 1.20. The summed E-state index contributed by atoms with van der Waals surface area (Å²) in [6, 6.07) is 14.2. The van der Waals surface area contributed by atoms with Gasteiger partial charge in [0, 0.05) is 40.8 Å². The van der Waals surface area contributed by atoms with Crippen molar-refractivity contribution in [1.29, 1.82) is 0 Å². The lowest BCUT2D eigenvalue weighted by molar-refractivity contribution is 0.118. The van der Waals surface area contributed by atoms with E-state index in [1.165, 1.54) is 5.57 Å². The number of hydrogen-bond acceptors (Lipinski definition) is 7. The Bertz CT molecular complexity index is 1470. The number of aliphatic hydroxyl groups excluding tert-OH is 1. The number of nitrogens with zero attached hydrogens (tertiary/aromatic N) is 4. The molecule has 9 nitrogen and oxygen atoms in total. The molecule has 3 aliphatic rings. The molecular weight excluding hydrogens is 565 g/mol. The van der Waals surface area contributed by atoms with Gasteiger partial charge in [0.05, 0.1) is 31.5 Å². The van der Waals surface area contributed by atoms with Crippen LogP contribution in [0.3, 0.4) is 0 Å². The normalized spacial score (nSPS) is 22.0. The van der Waals surface area contributed by atoms with E-state index in [4.69, 9.17) is 32.7 Å². The Kier molecular flexibility index (Phi) is 8.00. The zero-order chi connectivity index (χ0) is 28.3. The highest BCUT2D eigenvalue weighted by molar-refractivity contribution is 6.31. The first kappa shape index (κ1) is 27.4. The summed E-state index contributed by atoms with van der Waals surface area (Å²) in [6.07, 6.45) is 9.46. The van der Waals surface area contributed by atoms with Crippen molar-refractivity contribution in [3.8, 4) is 11.5 Å². The lowest BCUT2D eigenvalue weighted by Crippen LogP contribution is -2.43. The summed E-state index contributed by atoms with van der Waals surface area (Å²) in [5.41, 5.74) is 3.17. The number of halogens is 2. The summed E-state index contributed by atoms with van der Waals surface area (Å²) in [5.74, 6) is 1.25. The van der Waals surface area contributed by atoms with E-state index in [9.17, 15) is 9.90 Å². The maximum Gasteiger partial charge on any atom is 0.416 e. The van der Waals surface area contributed by atoms with E-state index in [1.54, 1.807) is 46.2 Å². The lowest BCUT2D eigenvalue weighted by Gasteiger charge is -2.37. The number of benzene rings is 2. The fourth-order valence-electron chi connectivity index (χ4n) is 5.54. The highest BCUT2D eigenvalue weighted by atomic mass is 35.5. The van der Waals surface area contributed by atoms with Crippen LogP contribution in [-0.4, -0.2) is 56.4 Å². The third kappa shape index (κ3) is 6.12. The van der Waals surface area contributed by atoms with Crippen molar-refractivity contribution in [3.05, 3.63) is 106 Å². The minimum absolute atomic E-state index is 0.0868. The summed E-state index contributed by atoms with van der Waals surface area (Å²) in [5, 5.41) is 22.8. The molecule has 1 aromatic heterocycles. The molecule has 3 aromatic rings. The molecule has 4 atom stereocenters. The lowest BCUT2D eigenvalue weighted by atomic mass is 9.85. The molecule has 0 saturated heterocycles. The number of nitrogens with one attached hydrogen (secondary N) is 1. The van der Waals surface area contributed by atoms with Crippen LogP contribution in [0.1, 0.15) is 24.4 Å². The van der Waals surface area contributed by atoms with Crippen LogP contribution in [0.15, 0.2) is 95.5 Å². The van der Waals surface area contributed by atoms with Gasteiger partial charge in [-0.15, -0.1) is 5.10 Å². The number of allylic oxidation sites excluding steroid dienone is 2. The Morgan fingerprint density at radius 1 is 1.12 bits per heavy atom. The van der Waals surface area contributed by atoms with E-state index in [0.29, 0.717) is 49.1 Å². The van der Waals surface area contributed by atoms with Crippen LogP contribution in [0.2, 0.25) is 5.02 Å². The molecule has 0 fully saturated rings. The maximum absolute atomic E-state index is 13.5. The highest BCUT2D eigenvalue weighted by Crippen LogP contribution is 2.45. The van der Waals surface area contributed by atoms with Crippen LogP contribution in [-0.2, 0) is 6.54 Å². The number of ether oxygens (including phenoxy) is 2. The molecule has 0 bridgehead atoms. The van der Waals surface area contributed by atoms with Crippen molar-refractivity contribution < 1.29 is 19.4 Å². The van der Waals surface area contributed by atoms with Gasteiger partial charge in [0.2, 0.25) is 0 Å². The maximum atomic E-state index is 13.5. The molecule has 1 aliphatic carbocycles. The molecule has 1 amide bonds. The van der Waals surface area contributed by atoms with E-state index in [0.717, 1.165) is 16.3 Å². The molecule has 0 spiro atoms. The second-order valence-corrected chi connectivity index (χ2v) is 11.1. The number of amides is 1. The molecule has 212 valence electrons. The Hall–Kier alpha value is -3.79. The van der Waals surface area contributed by atoms with Crippen molar-refractivity contribution in [2.75, 3.05) is 13.2 Å². The molecule has 11 heteroatoms. The number of carbonyl (C=O) groups excluding carboxylic acids is 1. The van der Waals surface area contributed by atoms with Crippen LogP contribution in [0.4, 0.5) is 4.79 Å². The molecule has 3 unspecified atom stereocenters. The number of carbonyl (C=O) groups is 1. The average Bonchev–Trinajstić information content (AvgIpc) is 3.61. The van der Waals surface area contributed by atoms with Crippen molar-refractivity contribution in [2.45, 2.75) is 37.6 Å². The SMILES string of the molecule is O=C(Oc1ccc(Cl)cc1)N1CCC2=C(NC3C=CC(Cl)=CC23)[C@@H]1c1ccc(OCCC(O)Cn2ccnn2)cc1. The van der Waals surface area contributed by atoms with E-state index in [2.05, 4.69) is 27.8 Å². The molecule has 2 aromatic carbocycles. The topological polar surface area (TPSA) is 102 Å². The third-order valence-corrected chi connectivity index (χ3v) is 8.01. The largest absolute Gasteiger partial charge is 0.493 e. The molecular formula is C30H29Cl2N5O4. The Morgan fingerprint density at radius 2 is 1.90 bits per heavy atom. The van der Waals surface area contributed by atoms with E-state index < -0.39 is 12.2 Å². The Labute approximate surface area is 247 Å². The molecule has 41 heavy (non-hydrogen) atoms. The van der Waals surface area contributed by atoms with Crippen molar-refractivity contribution in [2.24, 2.45) is 5.92 Å². The molecule has 2 N–H and O–H groups in total. The first-order valence-corrected chi connectivity index (χ1v) is 14.2. The Balaban J connectivity index is 1.19. The molecule has 0 radical (unpaired) electrons. The van der Waals surface area contributed by atoms with Crippen LogP contribution in [0, 0.1) is 5.92 Å². The van der Waals surface area contributed by atoms with E-state index in [1.807, 2.05) is 30.3 Å². The number of aliphatic hydroxyl groups is 1. The van der Waals surface area contributed by atoms with Gasteiger partial charge in [0.25, 0.3) is 0 Å². The van der Waals surface area contributed by atoms with Gasteiger partial charge in [0.1, 0.15) is 17.5 Å². The zero-order valence-corrected chi connectivity index (χ0v) is 23.6. The summed E-state index contributed by atoms with van der Waals surface area (Å²) in [4.78, 5) is 15.2. The predicted octanol–water partition coefficient (Wildman–Crippen LogP) is 5.24. The fraction of sp³-hybridized carbons (Fsp3) is 0.300. The van der Waals surface area contributed by atoms with Crippen molar-refractivity contribution in [3.63, 3.8) is 0 Å². The minimum Gasteiger partial charge on any atom is -0.493 e. The number of fused-ring (bicyclic) bond motifs is 2. The number of rotatable bonds is 8. The number of hydrogen-bond donors (Lipinski definition) is 2. The Morgan fingerprint density at radius 3 is 2.66 bits per heavy atom. The fourth-order valence-corrected chi connectivity index (χ4v) is 5.87. The number of aromatic nitrogens is 3. The van der Waals surface area contributed by atoms with Gasteiger partial charge < -0.3 is 19.9 Å². The second-order valence-electron chi connectivity index (χ2n) is 10.2. The first-order chi connectivity index (χ1) is 19.9. The smallest absolute Gasteiger partial charge is 0.416 e. The van der Waals surface area contributed by atoms with Gasteiger partial charge in [-0.2, -0.15) is 0 Å². The van der Waals surface area contributed by atoms with Gasteiger partial charge in [-0.3, -0.25) is 4.90 Å². The highest BCUT2D eigenvalue weighted by Gasteiger charge is 2.43. The second kappa shape index (κ2) is 12.0. The quantitative estimate of drug-likeness (QED) is 0.368. The first-order valence-electron chi connectivity index (χ1n) is 13.5. The molecule has 3 heterocycles. The van der Waals surface area contributed by atoms with Crippen molar-refractivity contribution in [1.82, 2.24) is 25.2 Å². The minimum atomic E-state index is -0.600. The van der Waals surface area contributed by atoms with Crippen LogP contribution in [0.5, 0.6) is 11.5 Å². The molecule has 6 rings (SSSR count). The summed E-state index contributed by atoms with van der Waals surface area (Å²) >= 11 is 12.4. The van der Waals surface area contributed by atoms with Crippen LogP contribution < -0.4 is 14.8 Å². The van der Waals surface area contributed by atoms with Gasteiger partial charge in [-0.05, 0) is 60.0 Å².